The first-order valence-corrected chi connectivity index (χ1v) is 9.59. The molecule has 2 aromatic heterocycles. The highest BCUT2D eigenvalue weighted by atomic mass is 16.5. The second kappa shape index (κ2) is 7.86. The molecule has 1 aliphatic rings. The molecule has 0 bridgehead atoms. The van der Waals surface area contributed by atoms with Crippen LogP contribution in [0.15, 0.2) is 36.5 Å². The van der Waals surface area contributed by atoms with Crippen molar-refractivity contribution in [1.82, 2.24) is 20.2 Å². The summed E-state index contributed by atoms with van der Waals surface area (Å²) in [7, 11) is 0. The monoisotopic (exact) mass is 363 g/mol. The Morgan fingerprint density at radius 1 is 1.00 bits per heavy atom. The van der Waals surface area contributed by atoms with Crippen molar-refractivity contribution >= 4 is 16.9 Å². The van der Waals surface area contributed by atoms with Gasteiger partial charge in [0.25, 0.3) is 0 Å². The van der Waals surface area contributed by atoms with E-state index in [0.29, 0.717) is 5.92 Å². The molecule has 1 saturated heterocycles. The number of anilines is 1. The number of nitrogens with zero attached hydrogens (tertiary/aromatic N) is 5. The van der Waals surface area contributed by atoms with Gasteiger partial charge in [-0.15, -0.1) is 5.10 Å². The van der Waals surface area contributed by atoms with Crippen molar-refractivity contribution in [2.45, 2.75) is 33.1 Å². The molecule has 1 fully saturated rings. The standard InChI is InChI=1S/C21H25N5O/c1-15-3-6-21(25-24-15)26-10-7-17(8-11-26)9-12-27-18-4-5-19-20(13-18)22-14-16(2)23-19/h3-6,13-14,17H,7-12H2,1-2H3. The maximum absolute atomic E-state index is 5.97. The molecule has 0 N–H and O–H groups in total. The minimum atomic E-state index is 0.697. The largest absolute Gasteiger partial charge is 0.494 e. The van der Waals surface area contributed by atoms with E-state index in [-0.39, 0.29) is 0 Å². The highest BCUT2D eigenvalue weighted by Crippen LogP contribution is 2.24. The molecule has 140 valence electrons. The number of ether oxygens (including phenoxy) is 1. The normalized spacial score (nSPS) is 15.3. The SMILES string of the molecule is Cc1ccc(N2CCC(CCOc3ccc4nc(C)cnc4c3)CC2)nn1. The van der Waals surface area contributed by atoms with E-state index in [1.54, 1.807) is 6.20 Å². The molecule has 1 aromatic carbocycles. The van der Waals surface area contributed by atoms with Crippen molar-refractivity contribution in [1.29, 1.82) is 0 Å². The number of piperidine rings is 1. The molecular formula is C21H25N5O. The van der Waals surface area contributed by atoms with Gasteiger partial charge in [-0.2, -0.15) is 5.10 Å². The average Bonchev–Trinajstić information content (AvgIpc) is 2.69. The zero-order valence-corrected chi connectivity index (χ0v) is 15.9. The summed E-state index contributed by atoms with van der Waals surface area (Å²) in [6.07, 6.45) is 5.20. The number of hydrogen-bond donors (Lipinski definition) is 0. The Labute approximate surface area is 159 Å². The minimum Gasteiger partial charge on any atom is -0.494 e. The summed E-state index contributed by atoms with van der Waals surface area (Å²) in [6, 6.07) is 10.0. The minimum absolute atomic E-state index is 0.697. The van der Waals surface area contributed by atoms with E-state index in [0.717, 1.165) is 60.1 Å². The van der Waals surface area contributed by atoms with Crippen LogP contribution in [-0.2, 0) is 0 Å². The fourth-order valence-electron chi connectivity index (χ4n) is 3.53. The first kappa shape index (κ1) is 17.6. The number of hydrogen-bond acceptors (Lipinski definition) is 6. The van der Waals surface area contributed by atoms with Crippen LogP contribution in [0, 0.1) is 19.8 Å². The van der Waals surface area contributed by atoms with Gasteiger partial charge in [-0.1, -0.05) is 0 Å². The number of benzene rings is 1. The van der Waals surface area contributed by atoms with Crippen LogP contribution < -0.4 is 9.64 Å². The molecular weight excluding hydrogens is 338 g/mol. The van der Waals surface area contributed by atoms with Gasteiger partial charge in [0.1, 0.15) is 5.75 Å². The molecule has 0 atom stereocenters. The second-order valence-corrected chi connectivity index (χ2v) is 7.26. The highest BCUT2D eigenvalue weighted by molar-refractivity contribution is 5.75. The number of aromatic nitrogens is 4. The van der Waals surface area contributed by atoms with Crippen molar-refractivity contribution in [3.05, 3.63) is 47.9 Å². The summed E-state index contributed by atoms with van der Waals surface area (Å²) in [5.74, 6) is 2.55. The first-order chi connectivity index (χ1) is 13.2. The van der Waals surface area contributed by atoms with Crippen LogP contribution in [0.4, 0.5) is 5.82 Å². The molecule has 6 heteroatoms. The third-order valence-electron chi connectivity index (χ3n) is 5.15. The van der Waals surface area contributed by atoms with Gasteiger partial charge in [-0.3, -0.25) is 4.98 Å². The van der Waals surface area contributed by atoms with E-state index < -0.39 is 0 Å². The Hall–Kier alpha value is -2.76. The van der Waals surface area contributed by atoms with Gasteiger partial charge >= 0.3 is 0 Å². The predicted octanol–water partition coefficient (Wildman–Crippen LogP) is 3.72. The third kappa shape index (κ3) is 4.32. The van der Waals surface area contributed by atoms with Crippen molar-refractivity contribution in [3.8, 4) is 5.75 Å². The average molecular weight is 363 g/mol. The molecule has 0 spiro atoms. The van der Waals surface area contributed by atoms with Gasteiger partial charge in [0, 0.05) is 25.4 Å². The summed E-state index contributed by atoms with van der Waals surface area (Å²) in [6.45, 7) is 6.72. The molecule has 3 heterocycles. The summed E-state index contributed by atoms with van der Waals surface area (Å²) in [4.78, 5) is 11.2. The lowest BCUT2D eigenvalue weighted by molar-refractivity contribution is 0.258. The molecule has 4 rings (SSSR count). The lowest BCUT2D eigenvalue weighted by Crippen LogP contribution is -2.34. The van der Waals surface area contributed by atoms with Crippen LogP contribution in [0.2, 0.25) is 0 Å². The molecule has 0 saturated carbocycles. The van der Waals surface area contributed by atoms with Gasteiger partial charge in [0.15, 0.2) is 5.82 Å². The van der Waals surface area contributed by atoms with Gasteiger partial charge in [-0.25, -0.2) is 4.98 Å². The van der Waals surface area contributed by atoms with Crippen molar-refractivity contribution in [3.63, 3.8) is 0 Å². The van der Waals surface area contributed by atoms with Crippen LogP contribution in [0.25, 0.3) is 11.0 Å². The van der Waals surface area contributed by atoms with Crippen molar-refractivity contribution in [2.24, 2.45) is 5.92 Å². The Morgan fingerprint density at radius 2 is 1.85 bits per heavy atom. The zero-order valence-electron chi connectivity index (χ0n) is 15.9. The Bertz CT molecular complexity index is 904. The number of aryl methyl sites for hydroxylation is 2. The summed E-state index contributed by atoms with van der Waals surface area (Å²) in [5, 5.41) is 8.46. The summed E-state index contributed by atoms with van der Waals surface area (Å²) in [5.41, 5.74) is 3.68. The second-order valence-electron chi connectivity index (χ2n) is 7.26. The lowest BCUT2D eigenvalue weighted by atomic mass is 9.94. The molecule has 0 aliphatic carbocycles. The fourth-order valence-corrected chi connectivity index (χ4v) is 3.53. The van der Waals surface area contributed by atoms with Crippen LogP contribution in [-0.4, -0.2) is 39.9 Å². The van der Waals surface area contributed by atoms with Gasteiger partial charge in [0.05, 0.1) is 29.0 Å². The first-order valence-electron chi connectivity index (χ1n) is 9.59. The molecule has 27 heavy (non-hydrogen) atoms. The molecule has 6 nitrogen and oxygen atoms in total. The van der Waals surface area contributed by atoms with Crippen molar-refractivity contribution < 1.29 is 4.74 Å². The van der Waals surface area contributed by atoms with Gasteiger partial charge in [0.2, 0.25) is 0 Å². The summed E-state index contributed by atoms with van der Waals surface area (Å²) < 4.78 is 5.97. The molecule has 0 amide bonds. The van der Waals surface area contributed by atoms with Crippen LogP contribution >= 0.6 is 0 Å². The van der Waals surface area contributed by atoms with Crippen LogP contribution in [0.1, 0.15) is 30.7 Å². The third-order valence-corrected chi connectivity index (χ3v) is 5.15. The Morgan fingerprint density at radius 3 is 2.63 bits per heavy atom. The fraction of sp³-hybridized carbons (Fsp3) is 0.429. The Kier molecular flexibility index (Phi) is 5.14. The molecule has 0 unspecified atom stereocenters. The van der Waals surface area contributed by atoms with E-state index in [1.165, 1.54) is 12.8 Å². The maximum Gasteiger partial charge on any atom is 0.151 e. The number of fused-ring (bicyclic) bond motifs is 1. The molecule has 1 aliphatic heterocycles. The van der Waals surface area contributed by atoms with Gasteiger partial charge < -0.3 is 9.64 Å². The van der Waals surface area contributed by atoms with Gasteiger partial charge in [-0.05, 0) is 63.3 Å². The molecule has 0 radical (unpaired) electrons. The highest BCUT2D eigenvalue weighted by Gasteiger charge is 2.20. The molecule has 3 aromatic rings. The van der Waals surface area contributed by atoms with Crippen LogP contribution in [0.5, 0.6) is 5.75 Å². The smallest absolute Gasteiger partial charge is 0.151 e. The topological polar surface area (TPSA) is 64.0 Å². The lowest BCUT2D eigenvalue weighted by Gasteiger charge is -2.32. The zero-order chi connectivity index (χ0) is 18.6. The van der Waals surface area contributed by atoms with E-state index in [4.69, 9.17) is 4.74 Å². The van der Waals surface area contributed by atoms with E-state index in [2.05, 4.69) is 31.1 Å². The van der Waals surface area contributed by atoms with E-state index in [9.17, 15) is 0 Å². The predicted molar refractivity (Wildman–Crippen MR) is 106 cm³/mol. The van der Waals surface area contributed by atoms with E-state index >= 15 is 0 Å². The Balaban J connectivity index is 1.25. The van der Waals surface area contributed by atoms with E-state index in [1.807, 2.05) is 38.1 Å². The van der Waals surface area contributed by atoms with Crippen LogP contribution in [0.3, 0.4) is 0 Å². The van der Waals surface area contributed by atoms with Crippen molar-refractivity contribution in [2.75, 3.05) is 24.6 Å². The number of rotatable bonds is 5. The quantitative estimate of drug-likeness (QED) is 0.688. The summed E-state index contributed by atoms with van der Waals surface area (Å²) >= 11 is 0. The maximum atomic E-state index is 5.97.